The second-order valence-electron chi connectivity index (χ2n) is 3.84. The van der Waals surface area contributed by atoms with Gasteiger partial charge in [0.1, 0.15) is 5.75 Å². The Hall–Kier alpha value is -2.89. The van der Waals surface area contributed by atoms with E-state index in [1.165, 1.54) is 19.4 Å². The van der Waals surface area contributed by atoms with Crippen molar-refractivity contribution in [1.82, 2.24) is 5.43 Å². The summed E-state index contributed by atoms with van der Waals surface area (Å²) in [5, 5.41) is 3.80. The molecule has 1 heterocycles. The van der Waals surface area contributed by atoms with Gasteiger partial charge in [-0.1, -0.05) is 0 Å². The van der Waals surface area contributed by atoms with Crippen LogP contribution in [0.25, 0.3) is 0 Å². The molecule has 102 valence electrons. The number of hydrogen-bond acceptors (Lipinski definition) is 5. The number of carbonyl (C=O) groups is 2. The number of amides is 1. The van der Waals surface area contributed by atoms with Gasteiger partial charge in [0, 0.05) is 6.92 Å². The van der Waals surface area contributed by atoms with Crippen LogP contribution in [0.2, 0.25) is 0 Å². The molecule has 20 heavy (non-hydrogen) atoms. The van der Waals surface area contributed by atoms with Gasteiger partial charge in [-0.3, -0.25) is 9.59 Å². The minimum absolute atomic E-state index is 0.187. The molecule has 0 bridgehead atoms. The zero-order chi connectivity index (χ0) is 14.4. The number of hydrogen-bond donors (Lipinski definition) is 1. The molecule has 6 nitrogen and oxygen atoms in total. The van der Waals surface area contributed by atoms with Crippen molar-refractivity contribution in [1.29, 1.82) is 0 Å². The lowest BCUT2D eigenvalue weighted by atomic mass is 10.2. The number of carbonyl (C=O) groups excluding carboxylic acids is 2. The second-order valence-corrected chi connectivity index (χ2v) is 3.84. The molecule has 1 aromatic heterocycles. The highest BCUT2D eigenvalue weighted by atomic mass is 16.5. The summed E-state index contributed by atoms with van der Waals surface area (Å²) in [7, 11) is 0. The smallest absolute Gasteiger partial charge is 0.308 e. The molecule has 1 amide bonds. The van der Waals surface area contributed by atoms with Crippen molar-refractivity contribution in [3.63, 3.8) is 0 Å². The molecule has 2 aromatic rings. The third kappa shape index (κ3) is 3.81. The topological polar surface area (TPSA) is 80.9 Å². The molecule has 6 heteroatoms. The van der Waals surface area contributed by atoms with Gasteiger partial charge in [-0.05, 0) is 42.0 Å². The molecule has 0 atom stereocenters. The predicted octanol–water partition coefficient (Wildman–Crippen LogP) is 1.97. The van der Waals surface area contributed by atoms with Gasteiger partial charge in [0.25, 0.3) is 0 Å². The summed E-state index contributed by atoms with van der Waals surface area (Å²) < 4.78 is 9.81. The summed E-state index contributed by atoms with van der Waals surface area (Å²) in [6.07, 6.45) is 2.88. The number of hydrazone groups is 1. The summed E-state index contributed by atoms with van der Waals surface area (Å²) in [5.41, 5.74) is 3.08. The number of benzene rings is 1. The maximum Gasteiger partial charge on any atom is 0.308 e. The van der Waals surface area contributed by atoms with Crippen LogP contribution >= 0.6 is 0 Å². The van der Waals surface area contributed by atoms with Crippen LogP contribution in [0.15, 0.2) is 52.2 Å². The van der Waals surface area contributed by atoms with Gasteiger partial charge >= 0.3 is 11.9 Å². The molecule has 1 N–H and O–H groups in total. The van der Waals surface area contributed by atoms with E-state index in [0.717, 1.165) is 5.56 Å². The van der Waals surface area contributed by atoms with Crippen molar-refractivity contribution < 1.29 is 18.7 Å². The number of rotatable bonds is 4. The van der Waals surface area contributed by atoms with Crippen molar-refractivity contribution in [3.8, 4) is 5.75 Å². The van der Waals surface area contributed by atoms with Crippen molar-refractivity contribution in [2.24, 2.45) is 5.10 Å². The SMILES string of the molecule is CC(=O)Oc1ccc(/C=N\NC(=O)c2ccco2)cc1. The van der Waals surface area contributed by atoms with Crippen LogP contribution < -0.4 is 10.2 Å². The Balaban J connectivity index is 1.91. The largest absolute Gasteiger partial charge is 0.459 e. The first-order chi connectivity index (χ1) is 9.65. The molecule has 0 saturated heterocycles. The average Bonchev–Trinajstić information content (AvgIpc) is 2.94. The summed E-state index contributed by atoms with van der Waals surface area (Å²) in [4.78, 5) is 22.2. The van der Waals surface area contributed by atoms with E-state index >= 15 is 0 Å². The number of furan rings is 1. The number of ether oxygens (including phenoxy) is 1. The van der Waals surface area contributed by atoms with Crippen LogP contribution in [0.5, 0.6) is 5.75 Å². The van der Waals surface area contributed by atoms with Crippen molar-refractivity contribution in [2.75, 3.05) is 0 Å². The molecule has 0 radical (unpaired) electrons. The lowest BCUT2D eigenvalue weighted by Gasteiger charge is -2.00. The highest BCUT2D eigenvalue weighted by Gasteiger charge is 2.05. The minimum Gasteiger partial charge on any atom is -0.459 e. The molecule has 0 unspecified atom stereocenters. The molecule has 0 aliphatic heterocycles. The zero-order valence-electron chi connectivity index (χ0n) is 10.7. The normalized spacial score (nSPS) is 10.4. The Bertz CT molecular complexity index is 615. The van der Waals surface area contributed by atoms with Crippen LogP contribution in [0.1, 0.15) is 23.0 Å². The van der Waals surface area contributed by atoms with E-state index in [1.807, 2.05) is 0 Å². The Morgan fingerprint density at radius 3 is 2.60 bits per heavy atom. The van der Waals surface area contributed by atoms with Gasteiger partial charge in [0.2, 0.25) is 0 Å². The van der Waals surface area contributed by atoms with E-state index in [1.54, 1.807) is 36.4 Å². The molecule has 0 saturated carbocycles. The van der Waals surface area contributed by atoms with Crippen LogP contribution in [0.4, 0.5) is 0 Å². The first-order valence-corrected chi connectivity index (χ1v) is 5.80. The highest BCUT2D eigenvalue weighted by molar-refractivity contribution is 5.92. The minimum atomic E-state index is -0.428. The van der Waals surface area contributed by atoms with Gasteiger partial charge in [-0.15, -0.1) is 0 Å². The van der Waals surface area contributed by atoms with Crippen LogP contribution in [0.3, 0.4) is 0 Å². The molecular formula is C14H12N2O4. The van der Waals surface area contributed by atoms with Crippen molar-refractivity contribution in [2.45, 2.75) is 6.92 Å². The first kappa shape index (κ1) is 13.5. The summed E-state index contributed by atoms with van der Waals surface area (Å²) >= 11 is 0. The average molecular weight is 272 g/mol. The van der Waals surface area contributed by atoms with Gasteiger partial charge < -0.3 is 9.15 Å². The number of nitrogens with one attached hydrogen (secondary N) is 1. The fourth-order valence-electron chi connectivity index (χ4n) is 1.42. The van der Waals surface area contributed by atoms with Crippen LogP contribution in [-0.4, -0.2) is 18.1 Å². The molecule has 0 spiro atoms. The standard InChI is InChI=1S/C14H12N2O4/c1-10(17)20-12-6-4-11(5-7-12)9-15-16-14(18)13-3-2-8-19-13/h2-9H,1H3,(H,16,18)/b15-9-. The molecule has 1 aromatic carbocycles. The molecule has 0 fully saturated rings. The van der Waals surface area contributed by atoms with E-state index in [9.17, 15) is 9.59 Å². The van der Waals surface area contributed by atoms with Crippen molar-refractivity contribution in [3.05, 3.63) is 54.0 Å². The van der Waals surface area contributed by atoms with Gasteiger partial charge in [-0.2, -0.15) is 5.10 Å². The third-order valence-corrected chi connectivity index (χ3v) is 2.27. The monoisotopic (exact) mass is 272 g/mol. The highest BCUT2D eigenvalue weighted by Crippen LogP contribution is 2.11. The van der Waals surface area contributed by atoms with E-state index in [4.69, 9.17) is 9.15 Å². The predicted molar refractivity (Wildman–Crippen MR) is 71.5 cm³/mol. The summed E-state index contributed by atoms with van der Waals surface area (Å²) in [5.74, 6) is -0.165. The number of nitrogens with zero attached hydrogens (tertiary/aromatic N) is 1. The Morgan fingerprint density at radius 1 is 1.25 bits per heavy atom. The molecule has 2 rings (SSSR count). The van der Waals surface area contributed by atoms with Gasteiger partial charge in [-0.25, -0.2) is 5.43 Å². The summed E-state index contributed by atoms with van der Waals surface area (Å²) in [6, 6.07) is 9.85. The Morgan fingerprint density at radius 2 is 2.00 bits per heavy atom. The first-order valence-electron chi connectivity index (χ1n) is 5.80. The quantitative estimate of drug-likeness (QED) is 0.399. The van der Waals surface area contributed by atoms with Gasteiger partial charge in [0.05, 0.1) is 12.5 Å². The fourth-order valence-corrected chi connectivity index (χ4v) is 1.42. The maximum atomic E-state index is 11.5. The summed E-state index contributed by atoms with van der Waals surface area (Å²) in [6.45, 7) is 1.33. The van der Waals surface area contributed by atoms with Crippen LogP contribution in [-0.2, 0) is 4.79 Å². The maximum absolute atomic E-state index is 11.5. The lowest BCUT2D eigenvalue weighted by molar-refractivity contribution is -0.131. The Kier molecular flexibility index (Phi) is 4.28. The van der Waals surface area contributed by atoms with Crippen LogP contribution in [0, 0.1) is 0 Å². The van der Waals surface area contributed by atoms with E-state index in [0.29, 0.717) is 5.75 Å². The fraction of sp³-hybridized carbons (Fsp3) is 0.0714. The second kappa shape index (κ2) is 6.33. The molecular weight excluding hydrogens is 260 g/mol. The third-order valence-electron chi connectivity index (χ3n) is 2.27. The number of esters is 1. The van der Waals surface area contributed by atoms with Crippen molar-refractivity contribution >= 4 is 18.1 Å². The lowest BCUT2D eigenvalue weighted by Crippen LogP contribution is -2.16. The Labute approximate surface area is 115 Å². The van der Waals surface area contributed by atoms with Gasteiger partial charge in [0.15, 0.2) is 5.76 Å². The van der Waals surface area contributed by atoms with E-state index in [2.05, 4.69) is 10.5 Å². The zero-order valence-corrected chi connectivity index (χ0v) is 10.7. The molecule has 0 aliphatic carbocycles. The van der Waals surface area contributed by atoms with E-state index < -0.39 is 5.91 Å². The van der Waals surface area contributed by atoms with E-state index in [-0.39, 0.29) is 11.7 Å². The molecule has 0 aliphatic rings.